The molecule has 0 bridgehead atoms. The summed E-state index contributed by atoms with van der Waals surface area (Å²) in [7, 11) is 3.09. The summed E-state index contributed by atoms with van der Waals surface area (Å²) in [5, 5.41) is 11.3. The lowest BCUT2D eigenvalue weighted by molar-refractivity contribution is -0.138. The average Bonchev–Trinajstić information content (AvgIpc) is 2.65. The molecule has 0 saturated heterocycles. The number of para-hydroxylation sites is 1. The normalized spacial score (nSPS) is 12.6. The van der Waals surface area contributed by atoms with Crippen molar-refractivity contribution in [1.82, 2.24) is 0 Å². The van der Waals surface area contributed by atoms with Crippen LogP contribution in [0.15, 0.2) is 46.6 Å². The quantitative estimate of drug-likeness (QED) is 0.280. The van der Waals surface area contributed by atoms with E-state index < -0.39 is 5.97 Å². The van der Waals surface area contributed by atoms with Crippen LogP contribution in [0.4, 0.5) is 5.69 Å². The van der Waals surface area contributed by atoms with Gasteiger partial charge in [0.05, 0.1) is 30.7 Å². The van der Waals surface area contributed by atoms with Crippen LogP contribution in [-0.2, 0) is 9.53 Å². The minimum absolute atomic E-state index is 0.224. The highest BCUT2D eigenvalue weighted by atomic mass is 35.5. The number of aliphatic imine (C=N–C) groups is 1. The molecule has 0 amide bonds. The molecule has 1 aromatic carbocycles. The van der Waals surface area contributed by atoms with Gasteiger partial charge in [0, 0.05) is 18.3 Å². The number of methoxy groups -OCH3 is 1. The first-order valence-corrected chi connectivity index (χ1v) is 8.98. The first kappa shape index (κ1) is 22.4. The number of hydrogen-bond acceptors (Lipinski definition) is 6. The third-order valence-corrected chi connectivity index (χ3v) is 3.84. The molecule has 2 N–H and O–H groups in total. The Kier molecular flexibility index (Phi) is 9.30. The summed E-state index contributed by atoms with van der Waals surface area (Å²) in [4.78, 5) is 16.4. The molecular formula is C20H26ClN3O3. The first-order valence-electron chi connectivity index (χ1n) is 8.60. The Morgan fingerprint density at radius 2 is 2.07 bits per heavy atom. The van der Waals surface area contributed by atoms with Crippen molar-refractivity contribution in [2.45, 2.75) is 27.2 Å². The lowest BCUT2D eigenvalue weighted by Gasteiger charge is -2.18. The number of nitrogens with one attached hydrogen (secondary N) is 2. The Bertz CT molecular complexity index is 783. The zero-order valence-electron chi connectivity index (χ0n) is 16.4. The van der Waals surface area contributed by atoms with Crippen LogP contribution in [0.3, 0.4) is 0 Å². The molecule has 6 nitrogen and oxygen atoms in total. The van der Waals surface area contributed by atoms with Crippen LogP contribution in [0.1, 0.15) is 32.8 Å². The molecule has 0 fully saturated rings. The average molecular weight is 392 g/mol. The molecule has 1 rings (SSSR count). The van der Waals surface area contributed by atoms with Crippen LogP contribution in [0, 0.1) is 5.41 Å². The van der Waals surface area contributed by atoms with E-state index in [0.29, 0.717) is 40.4 Å². The van der Waals surface area contributed by atoms with E-state index in [-0.39, 0.29) is 11.8 Å². The van der Waals surface area contributed by atoms with E-state index in [2.05, 4.69) is 10.3 Å². The maximum absolute atomic E-state index is 12.4. The molecule has 1 aromatic rings. The van der Waals surface area contributed by atoms with Crippen LogP contribution in [0.2, 0.25) is 0 Å². The summed E-state index contributed by atoms with van der Waals surface area (Å²) in [6, 6.07) is 5.40. The van der Waals surface area contributed by atoms with Crippen LogP contribution in [0.25, 0.3) is 0 Å². The molecule has 0 heterocycles. The fourth-order valence-electron chi connectivity index (χ4n) is 2.38. The van der Waals surface area contributed by atoms with E-state index in [1.165, 1.54) is 7.11 Å². The molecule has 27 heavy (non-hydrogen) atoms. The molecule has 0 aliphatic carbocycles. The van der Waals surface area contributed by atoms with Gasteiger partial charge >= 0.3 is 5.97 Å². The van der Waals surface area contributed by atoms with Crippen molar-refractivity contribution in [1.29, 1.82) is 5.41 Å². The van der Waals surface area contributed by atoms with Gasteiger partial charge in [-0.05, 0) is 38.5 Å². The SMILES string of the molecule is CC/C=C(C(=O)OCC)/C(=C\C(Cl)=N/C)Nc1cccc(C(C)=N)c1OC. The molecule has 0 spiro atoms. The van der Waals surface area contributed by atoms with Crippen molar-refractivity contribution in [3.05, 3.63) is 47.2 Å². The second-order valence-electron chi connectivity index (χ2n) is 5.49. The summed E-state index contributed by atoms with van der Waals surface area (Å²) >= 11 is 6.10. The molecule has 0 aliphatic heterocycles. The van der Waals surface area contributed by atoms with Gasteiger partial charge < -0.3 is 20.2 Å². The topological polar surface area (TPSA) is 83.8 Å². The smallest absolute Gasteiger partial charge is 0.339 e. The molecule has 0 aliphatic rings. The molecule has 0 radical (unpaired) electrons. The van der Waals surface area contributed by atoms with Crippen molar-refractivity contribution >= 4 is 34.1 Å². The molecule has 7 heteroatoms. The van der Waals surface area contributed by atoms with Gasteiger partial charge in [-0.3, -0.25) is 4.99 Å². The molecule has 0 atom stereocenters. The second-order valence-corrected chi connectivity index (χ2v) is 5.87. The number of carbonyl (C=O) groups is 1. The Morgan fingerprint density at radius 1 is 1.37 bits per heavy atom. The van der Waals surface area contributed by atoms with Crippen LogP contribution in [0.5, 0.6) is 5.75 Å². The third-order valence-electron chi connectivity index (χ3n) is 3.56. The number of rotatable bonds is 9. The highest BCUT2D eigenvalue weighted by Crippen LogP contribution is 2.31. The van der Waals surface area contributed by atoms with Crippen molar-refractivity contribution in [3.63, 3.8) is 0 Å². The molecular weight excluding hydrogens is 366 g/mol. The maximum Gasteiger partial charge on any atom is 0.339 e. The van der Waals surface area contributed by atoms with Gasteiger partial charge in [0.1, 0.15) is 5.17 Å². The minimum atomic E-state index is -0.461. The number of hydrogen-bond donors (Lipinski definition) is 2. The Hall–Kier alpha value is -2.60. The van der Waals surface area contributed by atoms with Gasteiger partial charge in [-0.15, -0.1) is 0 Å². The van der Waals surface area contributed by atoms with E-state index in [1.807, 2.05) is 6.92 Å². The number of esters is 1. The van der Waals surface area contributed by atoms with Crippen molar-refractivity contribution in [2.24, 2.45) is 4.99 Å². The highest BCUT2D eigenvalue weighted by molar-refractivity contribution is 6.68. The minimum Gasteiger partial charge on any atom is -0.494 e. The van der Waals surface area contributed by atoms with E-state index in [9.17, 15) is 4.79 Å². The van der Waals surface area contributed by atoms with Gasteiger partial charge in [-0.25, -0.2) is 4.79 Å². The fraction of sp³-hybridized carbons (Fsp3) is 0.350. The zero-order valence-corrected chi connectivity index (χ0v) is 17.1. The van der Waals surface area contributed by atoms with Gasteiger partial charge in [-0.2, -0.15) is 0 Å². The van der Waals surface area contributed by atoms with E-state index in [1.54, 1.807) is 51.2 Å². The number of nitrogens with zero attached hydrogens (tertiary/aromatic N) is 1. The second kappa shape index (κ2) is 11.2. The molecule has 146 valence electrons. The van der Waals surface area contributed by atoms with Gasteiger partial charge in [0.25, 0.3) is 0 Å². The summed E-state index contributed by atoms with van der Waals surface area (Å²) in [5.74, 6) is 0.0391. The van der Waals surface area contributed by atoms with Crippen molar-refractivity contribution in [2.75, 3.05) is 26.1 Å². The van der Waals surface area contributed by atoms with Crippen molar-refractivity contribution < 1.29 is 14.3 Å². The van der Waals surface area contributed by atoms with Gasteiger partial charge in [0.15, 0.2) is 5.75 Å². The van der Waals surface area contributed by atoms with E-state index >= 15 is 0 Å². The Labute approximate surface area is 165 Å². The standard InChI is InChI=1S/C20H26ClN3O3/c1-6-9-15(20(25)27-7-2)17(12-18(21)23-4)24-16-11-8-10-14(13(3)22)19(16)26-5/h8-12,22,24H,6-7H2,1-5H3/b15-9-,17-12+,22-13?,23-18+. The first-order chi connectivity index (χ1) is 12.9. The molecule has 0 aromatic heterocycles. The lowest BCUT2D eigenvalue weighted by Crippen LogP contribution is -2.16. The molecule has 0 unspecified atom stereocenters. The largest absolute Gasteiger partial charge is 0.494 e. The highest BCUT2D eigenvalue weighted by Gasteiger charge is 2.19. The van der Waals surface area contributed by atoms with Gasteiger partial charge in [0.2, 0.25) is 0 Å². The number of ether oxygens (including phenoxy) is 2. The van der Waals surface area contributed by atoms with E-state index in [0.717, 1.165) is 0 Å². The van der Waals surface area contributed by atoms with Gasteiger partial charge in [-0.1, -0.05) is 30.7 Å². The van der Waals surface area contributed by atoms with Crippen LogP contribution < -0.4 is 10.1 Å². The maximum atomic E-state index is 12.4. The molecule has 0 saturated carbocycles. The summed E-state index contributed by atoms with van der Waals surface area (Å²) in [6.45, 7) is 5.61. The predicted molar refractivity (Wildman–Crippen MR) is 111 cm³/mol. The number of benzene rings is 1. The fourth-order valence-corrected chi connectivity index (χ4v) is 2.49. The Balaban J connectivity index is 3.50. The van der Waals surface area contributed by atoms with Crippen LogP contribution in [-0.4, -0.2) is 37.6 Å². The number of carbonyl (C=O) groups excluding carboxylic acids is 1. The number of anilines is 1. The zero-order chi connectivity index (χ0) is 20.4. The van der Waals surface area contributed by atoms with Crippen LogP contribution >= 0.6 is 11.6 Å². The Morgan fingerprint density at radius 3 is 2.59 bits per heavy atom. The third kappa shape index (κ3) is 6.25. The van der Waals surface area contributed by atoms with Crippen molar-refractivity contribution in [3.8, 4) is 5.75 Å². The number of allylic oxidation sites excluding steroid dienone is 2. The summed E-state index contributed by atoms with van der Waals surface area (Å²) in [5.41, 5.74) is 2.39. The van der Waals surface area contributed by atoms with E-state index in [4.69, 9.17) is 26.5 Å². The lowest BCUT2D eigenvalue weighted by atomic mass is 10.1. The summed E-state index contributed by atoms with van der Waals surface area (Å²) < 4.78 is 10.7. The number of halogens is 1. The summed E-state index contributed by atoms with van der Waals surface area (Å²) in [6.07, 6.45) is 3.95. The predicted octanol–water partition coefficient (Wildman–Crippen LogP) is 4.55. The monoisotopic (exact) mass is 391 g/mol.